The molecule has 0 heterocycles. The van der Waals surface area contributed by atoms with Crippen LogP contribution in [-0.4, -0.2) is 34.6 Å². The van der Waals surface area contributed by atoms with Crippen LogP contribution in [0.25, 0.3) is 0 Å². The van der Waals surface area contributed by atoms with E-state index in [1.165, 1.54) is 0 Å². The van der Waals surface area contributed by atoms with Gasteiger partial charge in [0.1, 0.15) is 0 Å². The van der Waals surface area contributed by atoms with Crippen molar-refractivity contribution in [3.05, 3.63) is 0 Å². The maximum absolute atomic E-state index is 9.18. The molecule has 0 saturated carbocycles. The van der Waals surface area contributed by atoms with Crippen molar-refractivity contribution in [3.63, 3.8) is 0 Å². The van der Waals surface area contributed by atoms with Gasteiger partial charge in [0.2, 0.25) is 0 Å². The first-order valence-corrected chi connectivity index (χ1v) is 3.62. The predicted octanol–water partition coefficient (Wildman–Crippen LogP) is -0.252. The zero-order valence-corrected chi connectivity index (χ0v) is 6.32. The minimum atomic E-state index is -0.475. The lowest BCUT2D eigenvalue weighted by Gasteiger charge is -2.15. The van der Waals surface area contributed by atoms with Gasteiger partial charge in [-0.1, -0.05) is 6.92 Å². The lowest BCUT2D eigenvalue weighted by atomic mass is 9.99. The van der Waals surface area contributed by atoms with E-state index < -0.39 is 6.10 Å². The maximum Gasteiger partial charge on any atom is 0.0588 e. The SMILES string of the molecule is C[C@@H](CCO)[C@H](O)CCO. The summed E-state index contributed by atoms with van der Waals surface area (Å²) in [6.45, 7) is 1.97. The molecule has 0 spiro atoms. The molecule has 0 rings (SSSR count). The summed E-state index contributed by atoms with van der Waals surface area (Å²) in [5.74, 6) is 0.0807. The summed E-state index contributed by atoms with van der Waals surface area (Å²) < 4.78 is 0. The summed E-state index contributed by atoms with van der Waals surface area (Å²) in [6.07, 6.45) is 0.527. The molecule has 0 aromatic carbocycles. The van der Waals surface area contributed by atoms with E-state index in [0.29, 0.717) is 12.8 Å². The van der Waals surface area contributed by atoms with Crippen molar-refractivity contribution in [2.75, 3.05) is 13.2 Å². The predicted molar refractivity (Wildman–Crippen MR) is 38.6 cm³/mol. The molecule has 0 aromatic heterocycles. The van der Waals surface area contributed by atoms with Gasteiger partial charge in [-0.05, 0) is 18.8 Å². The minimum absolute atomic E-state index is 0.0108. The van der Waals surface area contributed by atoms with Crippen LogP contribution in [0.4, 0.5) is 0 Å². The summed E-state index contributed by atoms with van der Waals surface area (Å²) in [4.78, 5) is 0. The van der Waals surface area contributed by atoms with E-state index in [0.717, 1.165) is 0 Å². The molecular weight excluding hydrogens is 132 g/mol. The van der Waals surface area contributed by atoms with E-state index >= 15 is 0 Å². The Hall–Kier alpha value is -0.120. The van der Waals surface area contributed by atoms with Crippen LogP contribution in [0, 0.1) is 5.92 Å². The van der Waals surface area contributed by atoms with Crippen molar-refractivity contribution in [3.8, 4) is 0 Å². The molecule has 3 N–H and O–H groups in total. The van der Waals surface area contributed by atoms with Gasteiger partial charge in [-0.2, -0.15) is 0 Å². The van der Waals surface area contributed by atoms with Crippen LogP contribution >= 0.6 is 0 Å². The Morgan fingerprint density at radius 2 is 1.60 bits per heavy atom. The van der Waals surface area contributed by atoms with Crippen molar-refractivity contribution in [2.45, 2.75) is 25.9 Å². The highest BCUT2D eigenvalue weighted by Crippen LogP contribution is 2.09. The number of rotatable bonds is 5. The molecule has 2 atom stereocenters. The molecule has 0 saturated heterocycles. The van der Waals surface area contributed by atoms with E-state index in [-0.39, 0.29) is 19.1 Å². The van der Waals surface area contributed by atoms with E-state index in [2.05, 4.69) is 0 Å². The third-order valence-electron chi connectivity index (χ3n) is 1.67. The van der Waals surface area contributed by atoms with Gasteiger partial charge in [0, 0.05) is 13.2 Å². The van der Waals surface area contributed by atoms with Crippen molar-refractivity contribution in [1.82, 2.24) is 0 Å². The minimum Gasteiger partial charge on any atom is -0.396 e. The average molecular weight is 148 g/mol. The van der Waals surface area contributed by atoms with Gasteiger partial charge >= 0.3 is 0 Å². The molecule has 0 fully saturated rings. The summed E-state index contributed by atoms with van der Waals surface area (Å²) in [6, 6.07) is 0. The third kappa shape index (κ3) is 3.82. The molecule has 0 bridgehead atoms. The highest BCUT2D eigenvalue weighted by molar-refractivity contribution is 4.62. The molecule has 0 aliphatic heterocycles. The number of aliphatic hydroxyl groups excluding tert-OH is 3. The highest BCUT2D eigenvalue weighted by atomic mass is 16.3. The largest absolute Gasteiger partial charge is 0.396 e. The maximum atomic E-state index is 9.18. The first-order valence-electron chi connectivity index (χ1n) is 3.62. The Morgan fingerprint density at radius 1 is 1.10 bits per heavy atom. The van der Waals surface area contributed by atoms with Crippen LogP contribution in [0.15, 0.2) is 0 Å². The average Bonchev–Trinajstić information content (AvgIpc) is 1.89. The Morgan fingerprint density at radius 3 is 2.00 bits per heavy atom. The van der Waals surface area contributed by atoms with Crippen molar-refractivity contribution in [2.24, 2.45) is 5.92 Å². The Bertz CT molecular complexity index is 65.3. The monoisotopic (exact) mass is 148 g/mol. The van der Waals surface area contributed by atoms with Crippen LogP contribution in [-0.2, 0) is 0 Å². The standard InChI is InChI=1S/C7H16O3/c1-6(2-4-8)7(10)3-5-9/h6-10H,2-5H2,1H3/t6-,7+/m0/s1. The zero-order valence-electron chi connectivity index (χ0n) is 6.32. The van der Waals surface area contributed by atoms with Crippen molar-refractivity contribution < 1.29 is 15.3 Å². The molecule has 0 aromatic rings. The summed E-state index contributed by atoms with van der Waals surface area (Å²) in [5, 5.41) is 26.1. The number of aliphatic hydroxyl groups is 3. The smallest absolute Gasteiger partial charge is 0.0588 e. The first-order chi connectivity index (χ1) is 4.72. The van der Waals surface area contributed by atoms with E-state index in [4.69, 9.17) is 10.2 Å². The van der Waals surface area contributed by atoms with Crippen molar-refractivity contribution in [1.29, 1.82) is 0 Å². The molecule has 3 nitrogen and oxygen atoms in total. The molecule has 10 heavy (non-hydrogen) atoms. The first kappa shape index (κ1) is 9.88. The summed E-state index contributed by atoms with van der Waals surface area (Å²) in [7, 11) is 0. The highest BCUT2D eigenvalue weighted by Gasteiger charge is 2.11. The van der Waals surface area contributed by atoms with Gasteiger partial charge in [-0.25, -0.2) is 0 Å². The van der Waals surface area contributed by atoms with Gasteiger partial charge < -0.3 is 15.3 Å². The molecule has 0 aliphatic rings. The fourth-order valence-electron chi connectivity index (χ4n) is 0.813. The van der Waals surface area contributed by atoms with Crippen LogP contribution < -0.4 is 0 Å². The van der Waals surface area contributed by atoms with Gasteiger partial charge in [-0.15, -0.1) is 0 Å². The van der Waals surface area contributed by atoms with Crippen molar-refractivity contribution >= 4 is 0 Å². The lowest BCUT2D eigenvalue weighted by molar-refractivity contribution is 0.0731. The van der Waals surface area contributed by atoms with Gasteiger partial charge in [0.15, 0.2) is 0 Å². The van der Waals surface area contributed by atoms with Gasteiger partial charge in [-0.3, -0.25) is 0 Å². The Labute approximate surface area is 61.3 Å². The fraction of sp³-hybridized carbons (Fsp3) is 1.00. The number of hydrogen-bond donors (Lipinski definition) is 3. The van der Waals surface area contributed by atoms with E-state index in [9.17, 15) is 5.11 Å². The molecule has 0 amide bonds. The second kappa shape index (κ2) is 5.65. The van der Waals surface area contributed by atoms with Crippen LogP contribution in [0.5, 0.6) is 0 Å². The van der Waals surface area contributed by atoms with Crippen LogP contribution in [0.2, 0.25) is 0 Å². The normalized spacial score (nSPS) is 16.8. The molecule has 0 radical (unpaired) electrons. The van der Waals surface area contributed by atoms with E-state index in [1.807, 2.05) is 6.92 Å². The third-order valence-corrected chi connectivity index (χ3v) is 1.67. The summed E-state index contributed by atoms with van der Waals surface area (Å²) in [5.41, 5.74) is 0. The fourth-order valence-corrected chi connectivity index (χ4v) is 0.813. The van der Waals surface area contributed by atoms with Crippen LogP contribution in [0.1, 0.15) is 19.8 Å². The quantitative estimate of drug-likeness (QED) is 0.504. The second-order valence-corrected chi connectivity index (χ2v) is 2.57. The summed E-state index contributed by atoms with van der Waals surface area (Å²) >= 11 is 0. The second-order valence-electron chi connectivity index (χ2n) is 2.57. The zero-order chi connectivity index (χ0) is 7.98. The van der Waals surface area contributed by atoms with Gasteiger partial charge in [0.05, 0.1) is 6.10 Å². The van der Waals surface area contributed by atoms with E-state index in [1.54, 1.807) is 0 Å². The molecule has 3 heteroatoms. The molecule has 0 unspecified atom stereocenters. The lowest BCUT2D eigenvalue weighted by Crippen LogP contribution is -2.19. The van der Waals surface area contributed by atoms with Crippen LogP contribution in [0.3, 0.4) is 0 Å². The van der Waals surface area contributed by atoms with Gasteiger partial charge in [0.25, 0.3) is 0 Å². The molecular formula is C7H16O3. The molecule has 0 aliphatic carbocycles. The number of hydrogen-bond acceptors (Lipinski definition) is 3. The Balaban J connectivity index is 3.38. The molecule has 62 valence electrons. The topological polar surface area (TPSA) is 60.7 Å². The Kier molecular flexibility index (Phi) is 5.58.